The lowest BCUT2D eigenvalue weighted by Crippen LogP contribution is -2.41. The highest BCUT2D eigenvalue weighted by atomic mass is 16.5. The first-order chi connectivity index (χ1) is 13.9. The lowest BCUT2D eigenvalue weighted by Gasteiger charge is -2.13. The molecular formula is C22H23N3O4. The molecule has 3 aromatic rings. The minimum absolute atomic E-state index is 0.244. The Morgan fingerprint density at radius 2 is 1.62 bits per heavy atom. The summed E-state index contributed by atoms with van der Waals surface area (Å²) < 4.78 is 7.74. The van der Waals surface area contributed by atoms with Crippen LogP contribution < -0.4 is 21.2 Å². The Kier molecular flexibility index (Phi) is 5.97. The summed E-state index contributed by atoms with van der Waals surface area (Å²) >= 11 is 0. The molecule has 150 valence electrons. The van der Waals surface area contributed by atoms with Crippen LogP contribution in [0.4, 0.5) is 5.69 Å². The predicted molar refractivity (Wildman–Crippen MR) is 112 cm³/mol. The summed E-state index contributed by atoms with van der Waals surface area (Å²) in [7, 11) is 0. The number of hydrogen-bond acceptors (Lipinski definition) is 4. The van der Waals surface area contributed by atoms with Gasteiger partial charge in [-0.25, -0.2) is 0 Å². The van der Waals surface area contributed by atoms with Crippen molar-refractivity contribution in [2.75, 3.05) is 11.9 Å². The molecule has 7 heteroatoms. The number of benzene rings is 2. The molecule has 0 aliphatic heterocycles. The van der Waals surface area contributed by atoms with Crippen LogP contribution in [0, 0.1) is 13.8 Å². The molecule has 0 aliphatic carbocycles. The van der Waals surface area contributed by atoms with Crippen LogP contribution in [0.15, 0.2) is 64.4 Å². The largest absolute Gasteiger partial charge is 0.494 e. The molecule has 0 saturated carbocycles. The Morgan fingerprint density at radius 3 is 2.24 bits per heavy atom. The molecule has 0 spiro atoms. The van der Waals surface area contributed by atoms with Crippen molar-refractivity contribution in [2.24, 2.45) is 0 Å². The van der Waals surface area contributed by atoms with Gasteiger partial charge in [0.25, 0.3) is 0 Å². The molecular weight excluding hydrogens is 370 g/mol. The number of hydrogen-bond donors (Lipinski definition) is 1. The summed E-state index contributed by atoms with van der Waals surface area (Å²) in [6, 6.07) is 12.6. The third-order valence-electron chi connectivity index (χ3n) is 4.54. The summed E-state index contributed by atoms with van der Waals surface area (Å²) in [6.07, 6.45) is 2.91. The molecule has 0 saturated heterocycles. The number of nitrogens with zero attached hydrogens (tertiary/aromatic N) is 2. The third-order valence-corrected chi connectivity index (χ3v) is 4.54. The van der Waals surface area contributed by atoms with E-state index in [1.54, 1.807) is 24.3 Å². The Morgan fingerprint density at radius 1 is 0.966 bits per heavy atom. The Hall–Kier alpha value is -3.61. The number of anilines is 1. The lowest BCUT2D eigenvalue weighted by atomic mass is 10.1. The van der Waals surface area contributed by atoms with Crippen molar-refractivity contribution in [2.45, 2.75) is 27.3 Å². The maximum atomic E-state index is 12.5. The maximum Gasteiger partial charge on any atom is 0.320 e. The molecule has 1 amide bonds. The topological polar surface area (TPSA) is 82.3 Å². The summed E-state index contributed by atoms with van der Waals surface area (Å²) in [4.78, 5) is 37.4. The first-order valence-electron chi connectivity index (χ1n) is 9.32. The number of carbonyl (C=O) groups excluding carboxylic acids is 1. The Balaban J connectivity index is 1.81. The lowest BCUT2D eigenvalue weighted by molar-refractivity contribution is -0.116. The smallest absolute Gasteiger partial charge is 0.320 e. The van der Waals surface area contributed by atoms with Gasteiger partial charge in [0.15, 0.2) is 0 Å². The molecule has 7 nitrogen and oxygen atoms in total. The van der Waals surface area contributed by atoms with Gasteiger partial charge in [-0.2, -0.15) is 0 Å². The van der Waals surface area contributed by atoms with Gasteiger partial charge in [0.2, 0.25) is 5.91 Å². The first-order valence-corrected chi connectivity index (χ1v) is 9.32. The molecule has 0 radical (unpaired) electrons. The molecule has 0 unspecified atom stereocenters. The van der Waals surface area contributed by atoms with Crippen LogP contribution in [0.1, 0.15) is 18.1 Å². The second kappa shape index (κ2) is 8.60. The van der Waals surface area contributed by atoms with Crippen LogP contribution in [0.3, 0.4) is 0 Å². The van der Waals surface area contributed by atoms with Crippen molar-refractivity contribution >= 4 is 11.6 Å². The minimum Gasteiger partial charge on any atom is -0.494 e. The number of nitrogens with one attached hydrogen (secondary N) is 1. The fourth-order valence-electron chi connectivity index (χ4n) is 3.05. The van der Waals surface area contributed by atoms with Crippen molar-refractivity contribution in [3.05, 3.63) is 86.7 Å². The average Bonchev–Trinajstić information content (AvgIpc) is 2.70. The van der Waals surface area contributed by atoms with Gasteiger partial charge in [-0.05, 0) is 56.2 Å². The zero-order valence-corrected chi connectivity index (χ0v) is 16.6. The van der Waals surface area contributed by atoms with Gasteiger partial charge >= 0.3 is 11.1 Å². The monoisotopic (exact) mass is 393 g/mol. The van der Waals surface area contributed by atoms with E-state index >= 15 is 0 Å². The molecule has 1 aromatic heterocycles. The molecule has 1 heterocycles. The number of para-hydroxylation sites is 1. The van der Waals surface area contributed by atoms with E-state index in [4.69, 9.17) is 4.74 Å². The minimum atomic E-state index is -0.766. The number of aromatic nitrogens is 2. The fourth-order valence-corrected chi connectivity index (χ4v) is 3.05. The van der Waals surface area contributed by atoms with Crippen LogP contribution in [-0.4, -0.2) is 21.6 Å². The standard InChI is InChI=1S/C22H23N3O4/c1-4-29-18-10-8-17(9-11-18)25-13-12-24(21(27)22(25)28)14-19(26)23-20-15(2)6-5-7-16(20)3/h5-13H,4,14H2,1-3H3,(H,23,26). The van der Waals surface area contributed by atoms with Crippen LogP contribution in [0.2, 0.25) is 0 Å². The second-order valence-electron chi connectivity index (χ2n) is 6.65. The molecule has 0 fully saturated rings. The molecule has 1 N–H and O–H groups in total. The van der Waals surface area contributed by atoms with E-state index in [0.717, 1.165) is 15.7 Å². The van der Waals surface area contributed by atoms with Crippen molar-refractivity contribution in [3.8, 4) is 11.4 Å². The van der Waals surface area contributed by atoms with Crippen LogP contribution in [-0.2, 0) is 11.3 Å². The van der Waals surface area contributed by atoms with Crippen molar-refractivity contribution in [3.63, 3.8) is 0 Å². The number of rotatable bonds is 6. The van der Waals surface area contributed by atoms with Gasteiger partial charge in [0.1, 0.15) is 12.3 Å². The van der Waals surface area contributed by atoms with Gasteiger partial charge in [0, 0.05) is 23.8 Å². The molecule has 3 rings (SSSR count). The summed E-state index contributed by atoms with van der Waals surface area (Å²) in [5.74, 6) is 0.309. The van der Waals surface area contributed by atoms with E-state index in [0.29, 0.717) is 23.7 Å². The highest BCUT2D eigenvalue weighted by molar-refractivity contribution is 5.92. The highest BCUT2D eigenvalue weighted by Crippen LogP contribution is 2.19. The molecule has 0 aliphatic rings. The zero-order chi connectivity index (χ0) is 21.0. The molecule has 0 atom stereocenters. The van der Waals surface area contributed by atoms with Crippen molar-refractivity contribution in [1.29, 1.82) is 0 Å². The molecule has 2 aromatic carbocycles. The average molecular weight is 393 g/mol. The Bertz CT molecular complexity index is 1120. The van der Waals surface area contributed by atoms with Crippen LogP contribution in [0.25, 0.3) is 5.69 Å². The maximum absolute atomic E-state index is 12.5. The molecule has 29 heavy (non-hydrogen) atoms. The normalized spacial score (nSPS) is 10.6. The fraction of sp³-hybridized carbons (Fsp3) is 0.227. The van der Waals surface area contributed by atoms with Gasteiger partial charge in [-0.3, -0.25) is 23.5 Å². The quantitative estimate of drug-likeness (QED) is 0.653. The van der Waals surface area contributed by atoms with Gasteiger partial charge < -0.3 is 10.1 Å². The summed E-state index contributed by atoms with van der Waals surface area (Å²) in [5.41, 5.74) is 1.62. The third kappa shape index (κ3) is 4.45. The number of ether oxygens (including phenoxy) is 1. The van der Waals surface area contributed by atoms with E-state index in [1.165, 1.54) is 17.0 Å². The first kappa shape index (κ1) is 20.1. The van der Waals surface area contributed by atoms with Gasteiger partial charge in [0.05, 0.1) is 6.61 Å². The summed E-state index contributed by atoms with van der Waals surface area (Å²) in [6.45, 7) is 5.97. The van der Waals surface area contributed by atoms with E-state index < -0.39 is 11.1 Å². The van der Waals surface area contributed by atoms with Gasteiger partial charge in [-0.1, -0.05) is 18.2 Å². The van der Waals surface area contributed by atoms with Crippen molar-refractivity contribution < 1.29 is 9.53 Å². The number of amides is 1. The second-order valence-corrected chi connectivity index (χ2v) is 6.65. The van der Waals surface area contributed by atoms with E-state index in [2.05, 4.69) is 5.32 Å². The zero-order valence-electron chi connectivity index (χ0n) is 16.6. The van der Waals surface area contributed by atoms with Crippen LogP contribution >= 0.6 is 0 Å². The SMILES string of the molecule is CCOc1ccc(-n2ccn(CC(=O)Nc3c(C)cccc3C)c(=O)c2=O)cc1. The van der Waals surface area contributed by atoms with Gasteiger partial charge in [-0.15, -0.1) is 0 Å². The number of carbonyl (C=O) groups is 1. The van der Waals surface area contributed by atoms with E-state index in [-0.39, 0.29) is 12.5 Å². The molecule has 0 bridgehead atoms. The van der Waals surface area contributed by atoms with E-state index in [9.17, 15) is 14.4 Å². The highest BCUT2D eigenvalue weighted by Gasteiger charge is 2.12. The predicted octanol–water partition coefficient (Wildman–Crippen LogP) is 2.65. The Labute approximate surface area is 168 Å². The van der Waals surface area contributed by atoms with Crippen molar-refractivity contribution in [1.82, 2.24) is 9.13 Å². The van der Waals surface area contributed by atoms with Crippen LogP contribution in [0.5, 0.6) is 5.75 Å². The van der Waals surface area contributed by atoms with E-state index in [1.807, 2.05) is 39.0 Å². The summed E-state index contributed by atoms with van der Waals surface area (Å²) in [5, 5.41) is 2.82. The number of aryl methyl sites for hydroxylation is 2.